The largest absolute Gasteiger partial charge is 0.452 e. The number of nitrogens with one attached hydrogen (secondary N) is 1. The van der Waals surface area contributed by atoms with Gasteiger partial charge in [0.2, 0.25) is 0 Å². The number of esters is 1. The normalized spacial score (nSPS) is 10.4. The first-order valence-electron chi connectivity index (χ1n) is 9.47. The number of benzene rings is 3. The van der Waals surface area contributed by atoms with Crippen molar-refractivity contribution in [2.24, 2.45) is 0 Å². The Morgan fingerprint density at radius 2 is 1.74 bits per heavy atom. The molecule has 0 aliphatic carbocycles. The number of carbonyl (C=O) groups excluding carboxylic acids is 2. The summed E-state index contributed by atoms with van der Waals surface area (Å²) in [4.78, 5) is 24.3. The lowest BCUT2D eigenvalue weighted by Gasteiger charge is -2.08. The third-order valence-corrected chi connectivity index (χ3v) is 4.60. The minimum atomic E-state index is -0.610. The molecule has 0 bridgehead atoms. The molecular weight excluding hydrogens is 394 g/mol. The van der Waals surface area contributed by atoms with Gasteiger partial charge in [-0.05, 0) is 42.0 Å². The van der Waals surface area contributed by atoms with Crippen LogP contribution < -0.4 is 5.32 Å². The Morgan fingerprint density at radius 1 is 1.00 bits per heavy atom. The molecule has 0 spiro atoms. The van der Waals surface area contributed by atoms with Crippen molar-refractivity contribution in [2.75, 3.05) is 11.9 Å². The fraction of sp³-hybridized carbons (Fsp3) is 0.0870. The zero-order valence-corrected chi connectivity index (χ0v) is 16.4. The Labute approximate surface area is 177 Å². The first kappa shape index (κ1) is 19.8. The molecule has 1 N–H and O–H groups in total. The Bertz CT molecular complexity index is 1290. The van der Waals surface area contributed by atoms with E-state index in [1.54, 1.807) is 53.2 Å². The molecule has 1 heterocycles. The zero-order chi connectivity index (χ0) is 21.6. The summed E-state index contributed by atoms with van der Waals surface area (Å²) in [6.07, 6.45) is 0. The van der Waals surface area contributed by atoms with Crippen molar-refractivity contribution in [1.82, 2.24) is 15.0 Å². The van der Waals surface area contributed by atoms with E-state index < -0.39 is 18.5 Å². The maximum Gasteiger partial charge on any atom is 0.338 e. The lowest BCUT2D eigenvalue weighted by atomic mass is 10.1. The molecule has 0 radical (unpaired) electrons. The van der Waals surface area contributed by atoms with Gasteiger partial charge in [-0.2, -0.15) is 5.26 Å². The average Bonchev–Trinajstić information content (AvgIpc) is 3.21. The molecule has 8 heteroatoms. The van der Waals surface area contributed by atoms with Gasteiger partial charge in [-0.3, -0.25) is 4.79 Å². The van der Waals surface area contributed by atoms with Crippen LogP contribution in [0.3, 0.4) is 0 Å². The number of aromatic nitrogens is 3. The highest BCUT2D eigenvalue weighted by molar-refractivity contribution is 5.96. The van der Waals surface area contributed by atoms with E-state index in [0.29, 0.717) is 23.4 Å². The number of hydrogen-bond acceptors (Lipinski definition) is 6. The van der Waals surface area contributed by atoms with Crippen molar-refractivity contribution in [3.63, 3.8) is 0 Å². The van der Waals surface area contributed by atoms with Crippen molar-refractivity contribution in [3.05, 3.63) is 89.5 Å². The van der Waals surface area contributed by atoms with Crippen LogP contribution in [0.5, 0.6) is 0 Å². The molecular formula is C23H17N5O3. The average molecular weight is 411 g/mol. The smallest absolute Gasteiger partial charge is 0.338 e. The molecule has 0 aliphatic rings. The molecule has 0 unspecified atom stereocenters. The van der Waals surface area contributed by atoms with Gasteiger partial charge in [0.15, 0.2) is 6.61 Å². The number of carbonyl (C=O) groups is 2. The van der Waals surface area contributed by atoms with Gasteiger partial charge in [0.05, 0.1) is 28.9 Å². The third-order valence-electron chi connectivity index (χ3n) is 4.60. The van der Waals surface area contributed by atoms with E-state index in [4.69, 9.17) is 10.00 Å². The Hall–Kier alpha value is -4.51. The lowest BCUT2D eigenvalue weighted by Crippen LogP contribution is -2.21. The molecule has 8 nitrogen and oxygen atoms in total. The van der Waals surface area contributed by atoms with Gasteiger partial charge < -0.3 is 10.1 Å². The molecule has 0 fully saturated rings. The van der Waals surface area contributed by atoms with Crippen molar-refractivity contribution in [1.29, 1.82) is 5.26 Å². The number of nitriles is 1. The summed E-state index contributed by atoms with van der Waals surface area (Å²) in [5.41, 5.74) is 3.72. The summed E-state index contributed by atoms with van der Waals surface area (Å²) in [7, 11) is 0. The SMILES string of the molecule is N#Cc1ccccc1NC(=O)COC(=O)c1ccc(Cn2nnc3ccccc32)cc1. The van der Waals surface area contributed by atoms with Gasteiger partial charge in [-0.1, -0.05) is 41.6 Å². The van der Waals surface area contributed by atoms with E-state index in [0.717, 1.165) is 16.6 Å². The quantitative estimate of drug-likeness (QED) is 0.488. The number of anilines is 1. The molecule has 1 aromatic heterocycles. The van der Waals surface area contributed by atoms with Gasteiger partial charge in [0.1, 0.15) is 11.6 Å². The highest BCUT2D eigenvalue weighted by Crippen LogP contribution is 2.14. The maximum absolute atomic E-state index is 12.2. The van der Waals surface area contributed by atoms with Crippen LogP contribution in [0.2, 0.25) is 0 Å². The minimum Gasteiger partial charge on any atom is -0.452 e. The van der Waals surface area contributed by atoms with E-state index in [9.17, 15) is 9.59 Å². The van der Waals surface area contributed by atoms with Crippen LogP contribution in [0.25, 0.3) is 11.0 Å². The van der Waals surface area contributed by atoms with Crippen LogP contribution in [0.15, 0.2) is 72.8 Å². The summed E-state index contributed by atoms with van der Waals surface area (Å²) in [5, 5.41) is 19.9. The second-order valence-corrected chi connectivity index (χ2v) is 6.71. The van der Waals surface area contributed by atoms with Crippen molar-refractivity contribution >= 4 is 28.6 Å². The van der Waals surface area contributed by atoms with Crippen molar-refractivity contribution in [3.8, 4) is 6.07 Å². The second-order valence-electron chi connectivity index (χ2n) is 6.71. The van der Waals surface area contributed by atoms with Gasteiger partial charge >= 0.3 is 5.97 Å². The first-order valence-corrected chi connectivity index (χ1v) is 9.47. The molecule has 0 aliphatic heterocycles. The molecule has 0 saturated carbocycles. The fourth-order valence-electron chi connectivity index (χ4n) is 3.04. The second kappa shape index (κ2) is 8.88. The summed E-state index contributed by atoms with van der Waals surface area (Å²) >= 11 is 0. The highest BCUT2D eigenvalue weighted by Gasteiger charge is 2.12. The minimum absolute atomic E-state index is 0.331. The van der Waals surface area contributed by atoms with Crippen LogP contribution in [-0.4, -0.2) is 33.5 Å². The Kier molecular flexibility index (Phi) is 5.67. The number of hydrogen-bond donors (Lipinski definition) is 1. The molecule has 0 atom stereocenters. The van der Waals surface area contributed by atoms with Crippen molar-refractivity contribution in [2.45, 2.75) is 6.54 Å². The van der Waals surface area contributed by atoms with E-state index in [-0.39, 0.29) is 0 Å². The predicted octanol–water partition coefficient (Wildman–Crippen LogP) is 3.15. The molecule has 0 saturated heterocycles. The van der Waals surface area contributed by atoms with Gasteiger partial charge in [0, 0.05) is 0 Å². The standard InChI is InChI=1S/C23H17N5O3/c24-13-18-5-1-2-6-19(18)25-22(29)15-31-23(30)17-11-9-16(10-12-17)14-28-21-8-4-3-7-20(21)26-27-28/h1-12H,14-15H2,(H,25,29). The van der Waals surface area contributed by atoms with E-state index in [1.165, 1.54) is 0 Å². The van der Waals surface area contributed by atoms with Crippen LogP contribution in [0, 0.1) is 11.3 Å². The van der Waals surface area contributed by atoms with Crippen LogP contribution in [-0.2, 0) is 16.1 Å². The van der Waals surface area contributed by atoms with E-state index in [2.05, 4.69) is 15.6 Å². The first-order chi connectivity index (χ1) is 15.1. The molecule has 4 rings (SSSR count). The molecule has 31 heavy (non-hydrogen) atoms. The van der Waals surface area contributed by atoms with Gasteiger partial charge in [-0.25, -0.2) is 9.48 Å². The zero-order valence-electron chi connectivity index (χ0n) is 16.4. The van der Waals surface area contributed by atoms with E-state index >= 15 is 0 Å². The lowest BCUT2D eigenvalue weighted by molar-refractivity contribution is -0.119. The van der Waals surface area contributed by atoms with Crippen molar-refractivity contribution < 1.29 is 14.3 Å². The molecule has 152 valence electrons. The molecule has 1 amide bonds. The predicted molar refractivity (Wildman–Crippen MR) is 113 cm³/mol. The number of para-hydroxylation sites is 2. The number of nitrogens with zero attached hydrogens (tertiary/aromatic N) is 4. The monoisotopic (exact) mass is 411 g/mol. The number of fused-ring (bicyclic) bond motifs is 1. The maximum atomic E-state index is 12.2. The molecule has 4 aromatic rings. The van der Waals surface area contributed by atoms with Crippen LogP contribution >= 0.6 is 0 Å². The number of amides is 1. The van der Waals surface area contributed by atoms with E-state index in [1.807, 2.05) is 30.3 Å². The summed E-state index contributed by atoms with van der Waals surface area (Å²) in [6.45, 7) is 0.0574. The number of ether oxygens (including phenoxy) is 1. The summed E-state index contributed by atoms with van der Waals surface area (Å²) in [5.74, 6) is -1.13. The van der Waals surface area contributed by atoms with Crippen LogP contribution in [0.1, 0.15) is 21.5 Å². The topological polar surface area (TPSA) is 110 Å². The van der Waals surface area contributed by atoms with Crippen LogP contribution in [0.4, 0.5) is 5.69 Å². The van der Waals surface area contributed by atoms with Gasteiger partial charge in [-0.15, -0.1) is 5.10 Å². The van der Waals surface area contributed by atoms with Gasteiger partial charge in [0.25, 0.3) is 5.91 Å². The summed E-state index contributed by atoms with van der Waals surface area (Å²) in [6, 6.07) is 23.1. The molecule has 3 aromatic carbocycles. The fourth-order valence-corrected chi connectivity index (χ4v) is 3.04. The highest BCUT2D eigenvalue weighted by atomic mass is 16.5. The summed E-state index contributed by atoms with van der Waals surface area (Å²) < 4.78 is 6.86. The number of rotatable bonds is 6. The Morgan fingerprint density at radius 3 is 2.55 bits per heavy atom. The third kappa shape index (κ3) is 4.57. The Balaban J connectivity index is 1.34.